The molecule has 0 unspecified atom stereocenters. The van der Waals surface area contributed by atoms with Gasteiger partial charge in [0.25, 0.3) is 5.56 Å². The Hall–Kier alpha value is -2.72. The Morgan fingerprint density at radius 1 is 1.09 bits per heavy atom. The van der Waals surface area contributed by atoms with E-state index in [1.807, 2.05) is 35.2 Å². The summed E-state index contributed by atoms with van der Waals surface area (Å²) in [7, 11) is 0. The van der Waals surface area contributed by atoms with E-state index >= 15 is 0 Å². The van der Waals surface area contributed by atoms with Gasteiger partial charge in [0.15, 0.2) is 18.2 Å². The molecule has 0 amide bonds. The van der Waals surface area contributed by atoms with Crippen LogP contribution in [0.5, 0.6) is 0 Å². The number of rotatable bonds is 2. The van der Waals surface area contributed by atoms with Crippen LogP contribution in [0.3, 0.4) is 0 Å². The second-order valence-corrected chi connectivity index (χ2v) is 5.86. The van der Waals surface area contributed by atoms with Crippen molar-refractivity contribution >= 4 is 33.3 Å². The molecule has 0 atom stereocenters. The number of benzene rings is 2. The normalized spacial score (nSPS) is 11.2. The van der Waals surface area contributed by atoms with Gasteiger partial charge >= 0.3 is 0 Å². The third kappa shape index (κ3) is 2.69. The van der Waals surface area contributed by atoms with Crippen LogP contribution in [-0.4, -0.2) is 9.97 Å². The Kier molecular flexibility index (Phi) is 3.32. The first-order chi connectivity index (χ1) is 11.2. The van der Waals surface area contributed by atoms with Crippen molar-refractivity contribution < 1.29 is 4.57 Å². The maximum atomic E-state index is 12.2. The Morgan fingerprint density at radius 3 is 2.78 bits per heavy atom. The molecule has 4 rings (SSSR count). The van der Waals surface area contributed by atoms with E-state index < -0.39 is 0 Å². The van der Waals surface area contributed by atoms with E-state index in [0.29, 0.717) is 28.3 Å². The lowest BCUT2D eigenvalue weighted by Gasteiger charge is -2.02. The zero-order chi connectivity index (χ0) is 15.8. The zero-order valence-electron chi connectivity index (χ0n) is 12.2. The van der Waals surface area contributed by atoms with Crippen LogP contribution in [0.4, 0.5) is 0 Å². The molecule has 0 saturated carbocycles. The molecule has 1 N–H and O–H groups in total. The lowest BCUT2D eigenvalue weighted by atomic mass is 10.2. The number of hydrogen-bond acceptors (Lipinski definition) is 2. The number of H-pyrrole nitrogens is 1. The Labute approximate surface area is 137 Å². The molecule has 0 spiro atoms. The fraction of sp³-hybridized carbons (Fsp3) is 0.0556. The van der Waals surface area contributed by atoms with Crippen LogP contribution >= 0.6 is 11.6 Å². The van der Waals surface area contributed by atoms with Gasteiger partial charge in [0.1, 0.15) is 0 Å². The second kappa shape index (κ2) is 5.48. The number of nitrogens with zero attached hydrogens (tertiary/aromatic N) is 2. The Morgan fingerprint density at radius 2 is 1.91 bits per heavy atom. The summed E-state index contributed by atoms with van der Waals surface area (Å²) >= 11 is 5.99. The molecule has 112 valence electrons. The van der Waals surface area contributed by atoms with Gasteiger partial charge < -0.3 is 4.98 Å². The zero-order valence-corrected chi connectivity index (χ0v) is 12.9. The maximum Gasteiger partial charge on any atom is 0.258 e. The summed E-state index contributed by atoms with van der Waals surface area (Å²) < 4.78 is 2.00. The molecular weight excluding hydrogens is 310 g/mol. The van der Waals surface area contributed by atoms with E-state index in [9.17, 15) is 4.79 Å². The number of fused-ring (bicyclic) bond motifs is 2. The standard InChI is InChI=1S/C18H12ClN3O/c19-14-5-6-15-16(9-14)20-17(21-18(15)23)11-22-8-7-12-3-1-2-4-13(12)10-22/h1-10H,11H2/p+1. The second-order valence-electron chi connectivity index (χ2n) is 5.42. The number of aromatic amines is 1. The Bertz CT molecular complexity index is 1090. The topological polar surface area (TPSA) is 49.6 Å². The molecule has 0 fully saturated rings. The van der Waals surface area contributed by atoms with Gasteiger partial charge in [0.05, 0.1) is 10.9 Å². The largest absolute Gasteiger partial charge is 0.305 e. The van der Waals surface area contributed by atoms with Crippen LogP contribution in [0.2, 0.25) is 5.02 Å². The average molecular weight is 323 g/mol. The van der Waals surface area contributed by atoms with Crippen molar-refractivity contribution in [2.24, 2.45) is 0 Å². The summed E-state index contributed by atoms with van der Waals surface area (Å²) in [4.78, 5) is 19.5. The number of aromatic nitrogens is 3. The van der Waals surface area contributed by atoms with Crippen molar-refractivity contribution in [3.8, 4) is 0 Å². The minimum Gasteiger partial charge on any atom is -0.305 e. The molecule has 0 radical (unpaired) electrons. The van der Waals surface area contributed by atoms with Gasteiger partial charge in [-0.05, 0) is 29.7 Å². The molecule has 4 aromatic rings. The van der Waals surface area contributed by atoms with E-state index in [1.165, 1.54) is 5.39 Å². The van der Waals surface area contributed by atoms with Crippen LogP contribution in [0.1, 0.15) is 5.82 Å². The van der Waals surface area contributed by atoms with Crippen molar-refractivity contribution in [3.05, 3.63) is 82.1 Å². The minimum absolute atomic E-state index is 0.150. The first-order valence-corrected chi connectivity index (χ1v) is 7.63. The van der Waals surface area contributed by atoms with Gasteiger partial charge in [-0.25, -0.2) is 4.98 Å². The highest BCUT2D eigenvalue weighted by atomic mass is 35.5. The van der Waals surface area contributed by atoms with Crippen molar-refractivity contribution in [3.63, 3.8) is 0 Å². The summed E-state index contributed by atoms with van der Waals surface area (Å²) in [6.45, 7) is 0.489. The molecule has 5 heteroatoms. The summed E-state index contributed by atoms with van der Waals surface area (Å²) in [5.74, 6) is 0.602. The van der Waals surface area contributed by atoms with Crippen LogP contribution in [0.15, 0.2) is 65.7 Å². The monoisotopic (exact) mass is 322 g/mol. The van der Waals surface area contributed by atoms with Crippen LogP contribution in [0.25, 0.3) is 21.7 Å². The minimum atomic E-state index is -0.150. The molecule has 0 aliphatic rings. The first-order valence-electron chi connectivity index (χ1n) is 7.25. The quantitative estimate of drug-likeness (QED) is 0.577. The van der Waals surface area contributed by atoms with Gasteiger partial charge in [-0.1, -0.05) is 29.8 Å². The average Bonchev–Trinajstić information content (AvgIpc) is 2.54. The molecule has 2 heterocycles. The smallest absolute Gasteiger partial charge is 0.258 e. The lowest BCUT2D eigenvalue weighted by Crippen LogP contribution is -2.35. The fourth-order valence-corrected chi connectivity index (χ4v) is 2.85. The Balaban J connectivity index is 1.77. The van der Waals surface area contributed by atoms with Crippen molar-refractivity contribution in [1.82, 2.24) is 9.97 Å². The summed E-state index contributed by atoms with van der Waals surface area (Å²) in [6.07, 6.45) is 4.02. The van der Waals surface area contributed by atoms with Gasteiger partial charge in [-0.15, -0.1) is 0 Å². The van der Waals surface area contributed by atoms with E-state index in [2.05, 4.69) is 22.1 Å². The number of hydrogen-bond donors (Lipinski definition) is 1. The third-order valence-corrected chi connectivity index (χ3v) is 4.03. The highest BCUT2D eigenvalue weighted by Gasteiger charge is 2.09. The summed E-state index contributed by atoms with van der Waals surface area (Å²) in [5.41, 5.74) is 0.459. The van der Waals surface area contributed by atoms with Crippen molar-refractivity contribution in [2.45, 2.75) is 6.54 Å². The van der Waals surface area contributed by atoms with Crippen molar-refractivity contribution in [1.29, 1.82) is 0 Å². The highest BCUT2D eigenvalue weighted by Crippen LogP contribution is 2.14. The van der Waals surface area contributed by atoms with Gasteiger partial charge in [0.2, 0.25) is 6.54 Å². The van der Waals surface area contributed by atoms with Crippen LogP contribution < -0.4 is 10.1 Å². The van der Waals surface area contributed by atoms with E-state index in [-0.39, 0.29) is 5.56 Å². The predicted molar refractivity (Wildman–Crippen MR) is 90.6 cm³/mol. The molecule has 2 aromatic heterocycles. The highest BCUT2D eigenvalue weighted by molar-refractivity contribution is 6.31. The number of pyridine rings is 1. The summed E-state index contributed by atoms with van der Waals surface area (Å²) in [6, 6.07) is 15.3. The van der Waals surface area contributed by atoms with E-state index in [4.69, 9.17) is 11.6 Å². The summed E-state index contributed by atoms with van der Waals surface area (Å²) in [5, 5.41) is 3.43. The SMILES string of the molecule is O=c1[nH]c(C[n+]2ccc3ccccc3c2)nc2cc(Cl)ccc12. The molecule has 2 aromatic carbocycles. The van der Waals surface area contributed by atoms with Crippen LogP contribution in [0, 0.1) is 0 Å². The first kappa shape index (κ1) is 13.9. The number of nitrogens with one attached hydrogen (secondary N) is 1. The van der Waals surface area contributed by atoms with Gasteiger partial charge in [0, 0.05) is 16.5 Å². The number of halogens is 1. The van der Waals surface area contributed by atoms with Gasteiger partial charge in [-0.3, -0.25) is 4.79 Å². The van der Waals surface area contributed by atoms with Gasteiger partial charge in [-0.2, -0.15) is 4.57 Å². The predicted octanol–water partition coefficient (Wildman–Crippen LogP) is 3.07. The third-order valence-electron chi connectivity index (χ3n) is 3.80. The molecule has 0 saturated heterocycles. The van der Waals surface area contributed by atoms with E-state index in [0.717, 1.165) is 5.39 Å². The lowest BCUT2D eigenvalue weighted by molar-refractivity contribution is -0.688. The molecule has 0 aliphatic heterocycles. The van der Waals surface area contributed by atoms with Crippen molar-refractivity contribution in [2.75, 3.05) is 0 Å². The molecule has 0 aliphatic carbocycles. The molecule has 23 heavy (non-hydrogen) atoms. The molecule has 0 bridgehead atoms. The van der Waals surface area contributed by atoms with E-state index in [1.54, 1.807) is 18.2 Å². The fourth-order valence-electron chi connectivity index (χ4n) is 2.69. The maximum absolute atomic E-state index is 12.2. The molecular formula is C18H13ClN3O+. The molecule has 4 nitrogen and oxygen atoms in total. The van der Waals surface area contributed by atoms with Crippen LogP contribution in [-0.2, 0) is 6.54 Å².